The van der Waals surface area contributed by atoms with Gasteiger partial charge in [0.15, 0.2) is 5.82 Å². The van der Waals surface area contributed by atoms with Crippen LogP contribution in [0.1, 0.15) is 61.3 Å². The van der Waals surface area contributed by atoms with Gasteiger partial charge in [-0.15, -0.1) is 10.2 Å². The molecule has 0 N–H and O–H groups in total. The van der Waals surface area contributed by atoms with Crippen LogP contribution in [0.25, 0.3) is 11.5 Å². The Labute approximate surface area is 151 Å². The van der Waals surface area contributed by atoms with Crippen LogP contribution in [-0.2, 0) is 25.8 Å². The number of fused-ring (bicyclic) bond motifs is 3. The molecular formula is C19H23N5S. The summed E-state index contributed by atoms with van der Waals surface area (Å²) in [6, 6.07) is 2.72. The van der Waals surface area contributed by atoms with E-state index in [4.69, 9.17) is 5.10 Å². The molecule has 1 aliphatic carbocycles. The molecule has 0 bridgehead atoms. The largest absolute Gasteiger partial charge is 0.309 e. The van der Waals surface area contributed by atoms with Crippen molar-refractivity contribution in [3.63, 3.8) is 0 Å². The summed E-state index contributed by atoms with van der Waals surface area (Å²) in [5.74, 6) is 2.11. The third kappa shape index (κ3) is 2.46. The van der Waals surface area contributed by atoms with Crippen molar-refractivity contribution in [2.75, 3.05) is 0 Å². The third-order valence-electron chi connectivity index (χ3n) is 5.66. The van der Waals surface area contributed by atoms with E-state index in [1.54, 1.807) is 11.3 Å². The summed E-state index contributed by atoms with van der Waals surface area (Å²) in [7, 11) is 0. The topological polar surface area (TPSA) is 48.5 Å². The van der Waals surface area contributed by atoms with Gasteiger partial charge in [-0.1, -0.05) is 19.8 Å². The number of thiophene rings is 1. The highest BCUT2D eigenvalue weighted by molar-refractivity contribution is 7.07. The molecule has 0 radical (unpaired) electrons. The van der Waals surface area contributed by atoms with Gasteiger partial charge in [0.2, 0.25) is 0 Å². The Kier molecular flexibility index (Phi) is 3.73. The number of rotatable bonds is 4. The summed E-state index contributed by atoms with van der Waals surface area (Å²) in [5.41, 5.74) is 5.25. The highest BCUT2D eigenvalue weighted by atomic mass is 32.1. The van der Waals surface area contributed by atoms with Gasteiger partial charge in [0, 0.05) is 18.5 Å². The smallest absolute Gasteiger partial charge is 0.182 e. The normalized spacial score (nSPS) is 17.0. The molecule has 5 rings (SSSR count). The van der Waals surface area contributed by atoms with Crippen LogP contribution in [-0.4, -0.2) is 24.5 Å². The number of hydrogen-bond acceptors (Lipinski definition) is 4. The van der Waals surface area contributed by atoms with Crippen LogP contribution >= 0.6 is 11.3 Å². The van der Waals surface area contributed by atoms with E-state index >= 15 is 0 Å². The van der Waals surface area contributed by atoms with Crippen LogP contribution in [0.2, 0.25) is 0 Å². The molecule has 3 aromatic heterocycles. The second-order valence-corrected chi connectivity index (χ2v) is 7.94. The average molecular weight is 353 g/mol. The zero-order chi connectivity index (χ0) is 16.8. The first kappa shape index (κ1) is 15.3. The van der Waals surface area contributed by atoms with E-state index in [0.29, 0.717) is 6.04 Å². The predicted molar refractivity (Wildman–Crippen MR) is 99.0 cm³/mol. The summed E-state index contributed by atoms with van der Waals surface area (Å²) in [4.78, 5) is 0. The van der Waals surface area contributed by atoms with E-state index in [0.717, 1.165) is 37.5 Å². The molecule has 0 atom stereocenters. The highest BCUT2D eigenvalue weighted by Gasteiger charge is 2.31. The monoisotopic (exact) mass is 353 g/mol. The maximum Gasteiger partial charge on any atom is 0.182 e. The lowest BCUT2D eigenvalue weighted by molar-refractivity contribution is 0.464. The fraction of sp³-hybridized carbons (Fsp3) is 0.526. The summed E-state index contributed by atoms with van der Waals surface area (Å²) < 4.78 is 4.63. The summed E-state index contributed by atoms with van der Waals surface area (Å²) in [6.45, 7) is 3.18. The number of aromatic nitrogens is 5. The third-order valence-corrected chi connectivity index (χ3v) is 6.40. The first-order valence-corrected chi connectivity index (χ1v) is 10.3. The van der Waals surface area contributed by atoms with Gasteiger partial charge in [-0.3, -0.25) is 4.68 Å². The average Bonchev–Trinajstić information content (AvgIpc) is 3.41. The van der Waals surface area contributed by atoms with Gasteiger partial charge in [-0.05, 0) is 48.1 Å². The molecule has 1 fully saturated rings. The molecule has 0 saturated heterocycles. The van der Waals surface area contributed by atoms with Crippen molar-refractivity contribution in [1.82, 2.24) is 24.5 Å². The summed E-state index contributed by atoms with van der Waals surface area (Å²) >= 11 is 1.74. The second-order valence-electron chi connectivity index (χ2n) is 7.16. The van der Waals surface area contributed by atoms with Crippen LogP contribution in [0.5, 0.6) is 0 Å². The molecule has 5 nitrogen and oxygen atoms in total. The molecule has 2 aliphatic rings. The molecule has 4 heterocycles. The number of aryl methyl sites for hydroxylation is 1. The maximum absolute atomic E-state index is 5.01. The summed E-state index contributed by atoms with van der Waals surface area (Å²) in [5, 5.41) is 18.5. The van der Waals surface area contributed by atoms with E-state index in [9.17, 15) is 0 Å². The molecule has 0 aromatic carbocycles. The lowest BCUT2D eigenvalue weighted by Gasteiger charge is -2.20. The molecule has 25 heavy (non-hydrogen) atoms. The molecule has 0 spiro atoms. The second kappa shape index (κ2) is 6.09. The Morgan fingerprint density at radius 1 is 1.24 bits per heavy atom. The number of hydrogen-bond donors (Lipinski definition) is 0. The summed E-state index contributed by atoms with van der Waals surface area (Å²) in [6.07, 6.45) is 8.03. The Morgan fingerprint density at radius 2 is 2.12 bits per heavy atom. The Hall–Kier alpha value is -1.95. The molecule has 3 aromatic rings. The van der Waals surface area contributed by atoms with Crippen LogP contribution in [0.4, 0.5) is 0 Å². The first-order chi connectivity index (χ1) is 12.3. The van der Waals surface area contributed by atoms with Crippen molar-refractivity contribution < 1.29 is 0 Å². The van der Waals surface area contributed by atoms with Gasteiger partial charge in [0.25, 0.3) is 0 Å². The lowest BCUT2D eigenvalue weighted by atomic mass is 10.0. The van der Waals surface area contributed by atoms with Gasteiger partial charge < -0.3 is 4.57 Å². The minimum Gasteiger partial charge on any atom is -0.309 e. The van der Waals surface area contributed by atoms with Gasteiger partial charge in [-0.2, -0.15) is 16.4 Å². The van der Waals surface area contributed by atoms with E-state index < -0.39 is 0 Å². The van der Waals surface area contributed by atoms with Crippen LogP contribution < -0.4 is 0 Å². The van der Waals surface area contributed by atoms with Crippen molar-refractivity contribution in [2.24, 2.45) is 0 Å². The first-order valence-electron chi connectivity index (χ1n) is 9.39. The van der Waals surface area contributed by atoms with Crippen molar-refractivity contribution in [3.8, 4) is 11.5 Å². The fourth-order valence-electron chi connectivity index (χ4n) is 4.39. The van der Waals surface area contributed by atoms with Crippen molar-refractivity contribution >= 4 is 11.3 Å². The molecule has 1 aliphatic heterocycles. The van der Waals surface area contributed by atoms with Crippen LogP contribution in [0.3, 0.4) is 0 Å². The SMILES string of the molecule is CCc1nn(C2CCCC2)c2c1CCn1c(Cc3ccsc3)nnc1-2. The Bertz CT molecular complexity index is 883. The molecule has 6 heteroatoms. The maximum atomic E-state index is 5.01. The van der Waals surface area contributed by atoms with E-state index in [2.05, 4.69) is 43.2 Å². The molecule has 1 saturated carbocycles. The van der Waals surface area contributed by atoms with Crippen molar-refractivity contribution in [1.29, 1.82) is 0 Å². The van der Waals surface area contributed by atoms with Gasteiger partial charge in [-0.25, -0.2) is 0 Å². The zero-order valence-corrected chi connectivity index (χ0v) is 15.4. The van der Waals surface area contributed by atoms with E-state index in [1.807, 2.05) is 0 Å². The van der Waals surface area contributed by atoms with Gasteiger partial charge >= 0.3 is 0 Å². The van der Waals surface area contributed by atoms with Crippen LogP contribution in [0.15, 0.2) is 16.8 Å². The Balaban J connectivity index is 1.60. The quantitative estimate of drug-likeness (QED) is 0.711. The fourth-order valence-corrected chi connectivity index (χ4v) is 5.06. The van der Waals surface area contributed by atoms with Crippen molar-refractivity contribution in [3.05, 3.63) is 39.5 Å². The van der Waals surface area contributed by atoms with Gasteiger partial charge in [0.05, 0.1) is 11.7 Å². The molecule has 0 amide bonds. The minimum absolute atomic E-state index is 0.539. The molecular weight excluding hydrogens is 330 g/mol. The van der Waals surface area contributed by atoms with E-state index in [-0.39, 0.29) is 0 Å². The molecule has 0 unspecified atom stereocenters. The lowest BCUT2D eigenvalue weighted by Crippen LogP contribution is -2.17. The highest BCUT2D eigenvalue weighted by Crippen LogP contribution is 2.38. The minimum atomic E-state index is 0.539. The molecule has 130 valence electrons. The zero-order valence-electron chi connectivity index (χ0n) is 14.6. The van der Waals surface area contributed by atoms with Gasteiger partial charge in [0.1, 0.15) is 11.5 Å². The Morgan fingerprint density at radius 3 is 2.88 bits per heavy atom. The van der Waals surface area contributed by atoms with E-state index in [1.165, 1.54) is 48.2 Å². The van der Waals surface area contributed by atoms with Crippen molar-refractivity contribution in [2.45, 2.75) is 64.5 Å². The predicted octanol–water partition coefficient (Wildman–Crippen LogP) is 4.03. The standard InChI is InChI=1S/C19H23N5S/c1-2-16-15-7-9-23-17(11-13-8-10-25-12-13)20-21-19(23)18(15)24(22-16)14-5-3-4-6-14/h8,10,12,14H,2-7,9,11H2,1H3. The number of nitrogens with zero attached hydrogens (tertiary/aromatic N) is 5. The van der Waals surface area contributed by atoms with Crippen LogP contribution in [0, 0.1) is 0 Å².